The molecule has 0 saturated carbocycles. The lowest BCUT2D eigenvalue weighted by atomic mass is 10.2. The molecule has 20 heavy (non-hydrogen) atoms. The first-order valence-corrected chi connectivity index (χ1v) is 8.22. The van der Waals surface area contributed by atoms with Crippen LogP contribution in [0.25, 0.3) is 0 Å². The van der Waals surface area contributed by atoms with Gasteiger partial charge in [-0.3, -0.25) is 10.1 Å². The normalized spacial score (nSPS) is 15.8. The molecule has 0 unspecified atom stereocenters. The maximum absolute atomic E-state index is 11.1. The highest BCUT2D eigenvalue weighted by Gasteiger charge is 2.15. The Morgan fingerprint density at radius 1 is 1.35 bits per heavy atom. The summed E-state index contributed by atoms with van der Waals surface area (Å²) in [7, 11) is 0. The Morgan fingerprint density at radius 2 is 2.20 bits per heavy atom. The summed E-state index contributed by atoms with van der Waals surface area (Å²) in [6.07, 6.45) is 2.13. The fraction of sp³-hybridized carbons (Fsp3) is 0.571. The molecular formula is C14H21N3O2S. The van der Waals surface area contributed by atoms with Gasteiger partial charge < -0.3 is 10.2 Å². The van der Waals surface area contributed by atoms with Gasteiger partial charge in [-0.2, -0.15) is 11.8 Å². The summed E-state index contributed by atoms with van der Waals surface area (Å²) in [5.74, 6) is 2.26. The molecule has 1 aromatic carbocycles. The molecule has 0 atom stereocenters. The van der Waals surface area contributed by atoms with E-state index in [0.29, 0.717) is 0 Å². The van der Waals surface area contributed by atoms with Crippen molar-refractivity contribution in [1.82, 2.24) is 0 Å². The molecule has 1 heterocycles. The predicted octanol–water partition coefficient (Wildman–Crippen LogP) is 3.36. The fourth-order valence-corrected chi connectivity index (χ4v) is 3.15. The maximum atomic E-state index is 11.1. The van der Waals surface area contributed by atoms with Gasteiger partial charge in [-0.05, 0) is 24.7 Å². The Hall–Kier alpha value is -1.43. The molecular weight excluding hydrogens is 274 g/mol. The highest BCUT2D eigenvalue weighted by Crippen LogP contribution is 2.28. The van der Waals surface area contributed by atoms with Crippen LogP contribution in [0.1, 0.15) is 19.8 Å². The summed E-state index contributed by atoms with van der Waals surface area (Å²) in [6.45, 7) is 4.84. The van der Waals surface area contributed by atoms with Crippen LogP contribution in [0.2, 0.25) is 0 Å². The van der Waals surface area contributed by atoms with Gasteiger partial charge in [-0.25, -0.2) is 0 Å². The number of benzene rings is 1. The maximum Gasteiger partial charge on any atom is 0.273 e. The summed E-state index contributed by atoms with van der Waals surface area (Å²) in [6, 6.07) is 5.33. The number of nitrogens with zero attached hydrogens (tertiary/aromatic N) is 2. The van der Waals surface area contributed by atoms with Gasteiger partial charge in [-0.15, -0.1) is 0 Å². The Bertz CT molecular complexity index is 460. The Balaban J connectivity index is 2.25. The molecule has 1 aliphatic rings. The van der Waals surface area contributed by atoms with Crippen LogP contribution in [0.4, 0.5) is 17.1 Å². The van der Waals surface area contributed by atoms with E-state index >= 15 is 0 Å². The average Bonchev–Trinajstić information content (AvgIpc) is 2.73. The van der Waals surface area contributed by atoms with E-state index in [1.54, 1.807) is 12.1 Å². The molecule has 0 radical (unpaired) electrons. The Labute approximate surface area is 123 Å². The molecule has 1 saturated heterocycles. The van der Waals surface area contributed by atoms with Gasteiger partial charge in [0.2, 0.25) is 0 Å². The molecule has 1 aliphatic heterocycles. The van der Waals surface area contributed by atoms with E-state index in [2.05, 4.69) is 17.1 Å². The van der Waals surface area contributed by atoms with E-state index in [1.165, 1.54) is 5.75 Å². The highest BCUT2D eigenvalue weighted by molar-refractivity contribution is 7.99. The van der Waals surface area contributed by atoms with Crippen LogP contribution in [-0.2, 0) is 0 Å². The van der Waals surface area contributed by atoms with Crippen molar-refractivity contribution in [1.29, 1.82) is 0 Å². The number of hydrogen-bond donors (Lipinski definition) is 1. The second-order valence-electron chi connectivity index (χ2n) is 4.87. The van der Waals surface area contributed by atoms with Crippen molar-refractivity contribution in [2.75, 3.05) is 41.4 Å². The summed E-state index contributed by atoms with van der Waals surface area (Å²) in [4.78, 5) is 13.0. The van der Waals surface area contributed by atoms with Crippen LogP contribution in [0.5, 0.6) is 0 Å². The van der Waals surface area contributed by atoms with Crippen LogP contribution in [0, 0.1) is 10.1 Å². The smallest absolute Gasteiger partial charge is 0.273 e. The predicted molar refractivity (Wildman–Crippen MR) is 86.0 cm³/mol. The third-order valence-electron chi connectivity index (χ3n) is 3.28. The Morgan fingerprint density at radius 3 is 2.95 bits per heavy atom. The van der Waals surface area contributed by atoms with Crippen molar-refractivity contribution >= 4 is 28.8 Å². The van der Waals surface area contributed by atoms with Crippen LogP contribution >= 0.6 is 11.8 Å². The number of nitro groups is 1. The van der Waals surface area contributed by atoms with E-state index in [1.807, 2.05) is 17.8 Å². The number of non-ortho nitro benzene ring substituents is 1. The number of anilines is 2. The lowest BCUT2D eigenvalue weighted by Gasteiger charge is -2.23. The number of thioether (sulfide) groups is 1. The minimum atomic E-state index is -0.312. The molecule has 5 nitrogen and oxygen atoms in total. The summed E-state index contributed by atoms with van der Waals surface area (Å²) in [5, 5.41) is 14.3. The summed E-state index contributed by atoms with van der Waals surface area (Å²) < 4.78 is 0. The first-order valence-electron chi connectivity index (χ1n) is 7.06. The lowest BCUT2D eigenvalue weighted by molar-refractivity contribution is -0.384. The minimum absolute atomic E-state index is 0.165. The monoisotopic (exact) mass is 295 g/mol. The first kappa shape index (κ1) is 15.0. The van der Waals surface area contributed by atoms with Crippen molar-refractivity contribution in [3.63, 3.8) is 0 Å². The van der Waals surface area contributed by atoms with Gasteiger partial charge in [0.15, 0.2) is 0 Å². The highest BCUT2D eigenvalue weighted by atomic mass is 32.2. The van der Waals surface area contributed by atoms with Crippen molar-refractivity contribution in [2.45, 2.75) is 19.8 Å². The van der Waals surface area contributed by atoms with E-state index in [4.69, 9.17) is 0 Å². The molecule has 6 heteroatoms. The van der Waals surface area contributed by atoms with Crippen molar-refractivity contribution in [3.05, 3.63) is 28.3 Å². The van der Waals surface area contributed by atoms with Gasteiger partial charge in [0.1, 0.15) is 0 Å². The zero-order chi connectivity index (χ0) is 14.4. The Kier molecular flexibility index (Phi) is 5.52. The van der Waals surface area contributed by atoms with E-state index < -0.39 is 0 Å². The third-order valence-corrected chi connectivity index (χ3v) is 4.33. The number of nitro benzene ring substituents is 1. The van der Waals surface area contributed by atoms with Crippen molar-refractivity contribution in [2.24, 2.45) is 0 Å². The quantitative estimate of drug-likeness (QED) is 0.667. The zero-order valence-corrected chi connectivity index (χ0v) is 12.6. The number of nitrogens with one attached hydrogen (secondary N) is 1. The lowest BCUT2D eigenvalue weighted by Crippen LogP contribution is -2.25. The molecule has 110 valence electrons. The van der Waals surface area contributed by atoms with Gasteiger partial charge in [-0.1, -0.05) is 6.92 Å². The largest absolute Gasteiger partial charge is 0.385 e. The molecule has 0 amide bonds. The van der Waals surface area contributed by atoms with E-state index in [-0.39, 0.29) is 10.6 Å². The van der Waals surface area contributed by atoms with Gasteiger partial charge in [0.05, 0.1) is 4.92 Å². The second-order valence-corrected chi connectivity index (χ2v) is 6.10. The standard InChI is InChI=1S/C14H21N3O2S/c1-2-4-15-12-9-13(11-14(10-12)17(18)19)16-5-3-7-20-8-6-16/h9-11,15H,2-8H2,1H3. The molecule has 0 spiro atoms. The topological polar surface area (TPSA) is 58.4 Å². The molecule has 0 bridgehead atoms. The van der Waals surface area contributed by atoms with Gasteiger partial charge in [0, 0.05) is 48.9 Å². The summed E-state index contributed by atoms with van der Waals surface area (Å²) in [5.41, 5.74) is 1.96. The molecule has 1 N–H and O–H groups in total. The minimum Gasteiger partial charge on any atom is -0.385 e. The average molecular weight is 295 g/mol. The second kappa shape index (κ2) is 7.38. The molecule has 1 fully saturated rings. The molecule has 0 aliphatic carbocycles. The van der Waals surface area contributed by atoms with Crippen molar-refractivity contribution < 1.29 is 4.92 Å². The third kappa shape index (κ3) is 4.03. The number of rotatable bonds is 5. The zero-order valence-electron chi connectivity index (χ0n) is 11.8. The molecule has 1 aromatic rings. The van der Waals surface area contributed by atoms with E-state index in [9.17, 15) is 10.1 Å². The van der Waals surface area contributed by atoms with Crippen LogP contribution in [0.3, 0.4) is 0 Å². The number of hydrogen-bond acceptors (Lipinski definition) is 5. The van der Waals surface area contributed by atoms with Gasteiger partial charge >= 0.3 is 0 Å². The first-order chi connectivity index (χ1) is 9.70. The summed E-state index contributed by atoms with van der Waals surface area (Å²) >= 11 is 1.95. The fourth-order valence-electron chi connectivity index (χ4n) is 2.26. The SMILES string of the molecule is CCCNc1cc(N2CCCSCC2)cc([N+](=O)[O-])c1. The molecule has 2 rings (SSSR count). The molecule has 0 aromatic heterocycles. The van der Waals surface area contributed by atoms with Crippen LogP contribution < -0.4 is 10.2 Å². The van der Waals surface area contributed by atoms with Crippen LogP contribution in [0.15, 0.2) is 18.2 Å². The van der Waals surface area contributed by atoms with Crippen LogP contribution in [-0.4, -0.2) is 36.1 Å². The van der Waals surface area contributed by atoms with E-state index in [0.717, 1.165) is 49.6 Å². The van der Waals surface area contributed by atoms with Gasteiger partial charge in [0.25, 0.3) is 5.69 Å². The van der Waals surface area contributed by atoms with Crippen molar-refractivity contribution in [3.8, 4) is 0 Å².